The van der Waals surface area contributed by atoms with E-state index in [1.54, 1.807) is 7.11 Å². The average Bonchev–Trinajstić information content (AvgIpc) is 2.55. The lowest BCUT2D eigenvalue weighted by Crippen LogP contribution is -2.32. The van der Waals surface area contributed by atoms with E-state index in [0.29, 0.717) is 17.9 Å². The molecule has 0 bridgehead atoms. The third kappa shape index (κ3) is 4.28. The molecule has 2 aromatic carbocycles. The molecule has 24 heavy (non-hydrogen) atoms. The summed E-state index contributed by atoms with van der Waals surface area (Å²) in [7, 11) is 1.59. The maximum atomic E-state index is 12.6. The number of ether oxygens (including phenoxy) is 2. The highest BCUT2D eigenvalue weighted by atomic mass is 16.5. The van der Waals surface area contributed by atoms with Crippen molar-refractivity contribution in [2.45, 2.75) is 40.2 Å². The van der Waals surface area contributed by atoms with E-state index < -0.39 is 6.10 Å². The number of nitrogens with one attached hydrogen (secondary N) is 1. The van der Waals surface area contributed by atoms with Gasteiger partial charge in [-0.2, -0.15) is 0 Å². The van der Waals surface area contributed by atoms with Gasteiger partial charge in [-0.3, -0.25) is 4.79 Å². The summed E-state index contributed by atoms with van der Waals surface area (Å²) in [6.07, 6.45) is 0.0172. The first-order valence-corrected chi connectivity index (χ1v) is 8.14. The smallest absolute Gasteiger partial charge is 0.265 e. The van der Waals surface area contributed by atoms with Gasteiger partial charge in [-0.25, -0.2) is 0 Å². The molecule has 0 radical (unpaired) electrons. The van der Waals surface area contributed by atoms with Crippen LogP contribution in [0.4, 0.5) is 5.69 Å². The van der Waals surface area contributed by atoms with Gasteiger partial charge in [-0.1, -0.05) is 25.1 Å². The lowest BCUT2D eigenvalue weighted by Gasteiger charge is -2.20. The number of rotatable bonds is 6. The summed E-state index contributed by atoms with van der Waals surface area (Å²) < 4.78 is 11.3. The Morgan fingerprint density at radius 2 is 1.71 bits per heavy atom. The first kappa shape index (κ1) is 17.9. The Bertz CT molecular complexity index is 725. The van der Waals surface area contributed by atoms with Crippen LogP contribution in [0.1, 0.15) is 30.0 Å². The lowest BCUT2D eigenvalue weighted by atomic mass is 10.1. The van der Waals surface area contributed by atoms with Crippen LogP contribution < -0.4 is 14.8 Å². The third-order valence-electron chi connectivity index (χ3n) is 3.89. The molecule has 0 saturated heterocycles. The van der Waals surface area contributed by atoms with Crippen LogP contribution in [-0.2, 0) is 4.79 Å². The van der Waals surface area contributed by atoms with Gasteiger partial charge < -0.3 is 14.8 Å². The Balaban J connectivity index is 2.17. The van der Waals surface area contributed by atoms with E-state index in [-0.39, 0.29) is 5.91 Å². The Morgan fingerprint density at radius 3 is 2.38 bits per heavy atom. The molecule has 1 atom stereocenters. The van der Waals surface area contributed by atoms with E-state index in [1.807, 2.05) is 64.1 Å². The number of hydrogen-bond donors (Lipinski definition) is 1. The zero-order valence-electron chi connectivity index (χ0n) is 15.0. The van der Waals surface area contributed by atoms with Gasteiger partial charge in [0.05, 0.1) is 12.8 Å². The molecule has 0 aliphatic carbocycles. The molecule has 4 heteroatoms. The maximum Gasteiger partial charge on any atom is 0.265 e. The number of amides is 1. The van der Waals surface area contributed by atoms with Crippen molar-refractivity contribution in [2.75, 3.05) is 12.4 Å². The predicted molar refractivity (Wildman–Crippen MR) is 97.0 cm³/mol. The standard InChI is InChI=1S/C20H25NO3/c1-6-17(24-19-12-14(3)7-9-15(19)4)20(22)21-16-11-13(2)8-10-18(16)23-5/h7-12,17H,6H2,1-5H3,(H,21,22)/t17-/m0/s1. The molecular formula is C20H25NO3. The van der Waals surface area contributed by atoms with Crippen LogP contribution >= 0.6 is 0 Å². The summed E-state index contributed by atoms with van der Waals surface area (Å²) in [5, 5.41) is 2.92. The van der Waals surface area contributed by atoms with E-state index in [9.17, 15) is 4.79 Å². The highest BCUT2D eigenvalue weighted by Crippen LogP contribution is 2.26. The molecule has 2 aromatic rings. The van der Waals surface area contributed by atoms with Gasteiger partial charge >= 0.3 is 0 Å². The number of aryl methyl sites for hydroxylation is 3. The number of methoxy groups -OCH3 is 1. The van der Waals surface area contributed by atoms with Gasteiger partial charge in [0.25, 0.3) is 5.91 Å². The minimum Gasteiger partial charge on any atom is -0.495 e. The first-order valence-electron chi connectivity index (χ1n) is 8.14. The van der Waals surface area contributed by atoms with Crippen molar-refractivity contribution in [3.63, 3.8) is 0 Å². The van der Waals surface area contributed by atoms with Crippen molar-refractivity contribution in [2.24, 2.45) is 0 Å². The van der Waals surface area contributed by atoms with Crippen molar-refractivity contribution in [3.8, 4) is 11.5 Å². The highest BCUT2D eigenvalue weighted by Gasteiger charge is 2.20. The molecule has 0 aliphatic rings. The van der Waals surface area contributed by atoms with Crippen LogP contribution in [0, 0.1) is 20.8 Å². The van der Waals surface area contributed by atoms with Gasteiger partial charge in [0.1, 0.15) is 11.5 Å². The van der Waals surface area contributed by atoms with Crippen molar-refractivity contribution < 1.29 is 14.3 Å². The zero-order valence-corrected chi connectivity index (χ0v) is 15.0. The predicted octanol–water partition coefficient (Wildman–Crippen LogP) is 4.42. The molecule has 0 saturated carbocycles. The second-order valence-electron chi connectivity index (χ2n) is 5.98. The van der Waals surface area contributed by atoms with E-state index in [2.05, 4.69) is 5.32 Å². The molecule has 0 fully saturated rings. The zero-order chi connectivity index (χ0) is 17.7. The summed E-state index contributed by atoms with van der Waals surface area (Å²) in [4.78, 5) is 12.6. The second-order valence-corrected chi connectivity index (χ2v) is 5.98. The summed E-state index contributed by atoms with van der Waals surface area (Å²) >= 11 is 0. The largest absolute Gasteiger partial charge is 0.495 e. The number of benzene rings is 2. The molecular weight excluding hydrogens is 302 g/mol. The average molecular weight is 327 g/mol. The van der Waals surface area contributed by atoms with Crippen molar-refractivity contribution in [3.05, 3.63) is 53.1 Å². The Labute approximate surface area is 143 Å². The summed E-state index contributed by atoms with van der Waals surface area (Å²) in [5.41, 5.74) is 3.83. The maximum absolute atomic E-state index is 12.6. The second kappa shape index (κ2) is 7.86. The number of carbonyl (C=O) groups excluding carboxylic acids is 1. The molecule has 0 unspecified atom stereocenters. The number of hydrogen-bond acceptors (Lipinski definition) is 3. The molecule has 1 N–H and O–H groups in total. The van der Waals surface area contributed by atoms with E-state index in [0.717, 1.165) is 22.4 Å². The number of carbonyl (C=O) groups is 1. The molecule has 0 heterocycles. The van der Waals surface area contributed by atoms with E-state index >= 15 is 0 Å². The molecule has 2 rings (SSSR count). The Hall–Kier alpha value is -2.49. The summed E-state index contributed by atoms with van der Waals surface area (Å²) in [6.45, 7) is 7.88. The van der Waals surface area contributed by atoms with Crippen LogP contribution in [-0.4, -0.2) is 19.1 Å². The fourth-order valence-corrected chi connectivity index (χ4v) is 2.44. The SMILES string of the molecule is CC[C@H](Oc1cc(C)ccc1C)C(=O)Nc1cc(C)ccc1OC. The number of anilines is 1. The van der Waals surface area contributed by atoms with Gasteiger partial charge in [-0.15, -0.1) is 0 Å². The monoisotopic (exact) mass is 327 g/mol. The summed E-state index contributed by atoms with van der Waals surface area (Å²) in [6, 6.07) is 11.7. The van der Waals surface area contributed by atoms with Crippen LogP contribution in [0.25, 0.3) is 0 Å². The minimum atomic E-state index is -0.560. The summed E-state index contributed by atoms with van der Waals surface area (Å²) in [5.74, 6) is 1.20. The quantitative estimate of drug-likeness (QED) is 0.854. The minimum absolute atomic E-state index is 0.178. The molecule has 1 amide bonds. The van der Waals surface area contributed by atoms with E-state index in [1.165, 1.54) is 0 Å². The highest BCUT2D eigenvalue weighted by molar-refractivity contribution is 5.95. The topological polar surface area (TPSA) is 47.6 Å². The van der Waals surface area contributed by atoms with Gasteiger partial charge in [0, 0.05) is 0 Å². The first-order chi connectivity index (χ1) is 11.4. The van der Waals surface area contributed by atoms with Gasteiger partial charge in [0.2, 0.25) is 0 Å². The molecule has 0 spiro atoms. The van der Waals surface area contributed by atoms with Crippen LogP contribution in [0.5, 0.6) is 11.5 Å². The Kier molecular flexibility index (Phi) is 5.85. The molecule has 128 valence electrons. The van der Waals surface area contributed by atoms with Crippen LogP contribution in [0.2, 0.25) is 0 Å². The van der Waals surface area contributed by atoms with Crippen LogP contribution in [0.15, 0.2) is 36.4 Å². The van der Waals surface area contributed by atoms with E-state index in [4.69, 9.17) is 9.47 Å². The molecule has 0 aliphatic heterocycles. The Morgan fingerprint density at radius 1 is 1.04 bits per heavy atom. The fraction of sp³-hybridized carbons (Fsp3) is 0.350. The van der Waals surface area contributed by atoms with Gasteiger partial charge in [0.15, 0.2) is 6.10 Å². The normalized spacial score (nSPS) is 11.7. The molecule has 0 aromatic heterocycles. The lowest BCUT2D eigenvalue weighted by molar-refractivity contribution is -0.122. The fourth-order valence-electron chi connectivity index (χ4n) is 2.44. The van der Waals surface area contributed by atoms with Gasteiger partial charge in [-0.05, 0) is 62.1 Å². The van der Waals surface area contributed by atoms with Crippen LogP contribution in [0.3, 0.4) is 0 Å². The third-order valence-corrected chi connectivity index (χ3v) is 3.89. The molecule has 4 nitrogen and oxygen atoms in total. The van der Waals surface area contributed by atoms with Crippen molar-refractivity contribution in [1.82, 2.24) is 0 Å². The van der Waals surface area contributed by atoms with Crippen molar-refractivity contribution >= 4 is 11.6 Å². The van der Waals surface area contributed by atoms with Crippen molar-refractivity contribution in [1.29, 1.82) is 0 Å².